The Morgan fingerprint density at radius 2 is 2.06 bits per heavy atom. The molecule has 36 heavy (non-hydrogen) atoms. The van der Waals surface area contributed by atoms with E-state index in [0.29, 0.717) is 36.3 Å². The molecule has 4 atom stereocenters. The number of carbonyl (C=O) groups excluding carboxylic acids is 2. The Bertz CT molecular complexity index is 952. The number of fused-ring (bicyclic) bond motifs is 2. The van der Waals surface area contributed by atoms with Crippen LogP contribution in [0.3, 0.4) is 0 Å². The topological polar surface area (TPSA) is 115 Å². The molecular weight excluding hydrogens is 460 g/mol. The number of rotatable bonds is 12. The van der Waals surface area contributed by atoms with Gasteiger partial charge in [-0.15, -0.1) is 0 Å². The number of carbonyl (C=O) groups is 2. The number of hydrogen-bond acceptors (Lipinski definition) is 7. The fourth-order valence-corrected chi connectivity index (χ4v) is 5.51. The Balaban J connectivity index is 1.80. The number of ether oxygens (including phenoxy) is 2. The molecule has 3 N–H and O–H groups in total. The lowest BCUT2D eigenvalue weighted by Crippen LogP contribution is -2.63. The van der Waals surface area contributed by atoms with Crippen LogP contribution in [-0.4, -0.2) is 65.2 Å². The third-order valence-electron chi connectivity index (χ3n) is 7.97. The summed E-state index contributed by atoms with van der Waals surface area (Å²) in [6.07, 6.45) is 7.99. The molecule has 2 bridgehead atoms. The minimum atomic E-state index is -0.524. The second-order valence-corrected chi connectivity index (χ2v) is 11.8. The molecule has 202 valence electrons. The lowest BCUT2D eigenvalue weighted by molar-refractivity contribution is -0.139. The van der Waals surface area contributed by atoms with E-state index >= 15 is 0 Å². The van der Waals surface area contributed by atoms with Crippen molar-refractivity contribution in [3.05, 3.63) is 17.8 Å². The molecule has 1 aromatic heterocycles. The highest BCUT2D eigenvalue weighted by Gasteiger charge is 2.57. The van der Waals surface area contributed by atoms with E-state index in [2.05, 4.69) is 29.6 Å². The molecule has 1 aromatic rings. The fourth-order valence-electron chi connectivity index (χ4n) is 5.51. The summed E-state index contributed by atoms with van der Waals surface area (Å²) in [6, 6.07) is 0.0166. The van der Waals surface area contributed by atoms with Crippen LogP contribution in [0.1, 0.15) is 71.2 Å². The number of methoxy groups -OCH3 is 1. The van der Waals surface area contributed by atoms with Crippen molar-refractivity contribution < 1.29 is 24.2 Å². The summed E-state index contributed by atoms with van der Waals surface area (Å²) in [5, 5.41) is 20.5. The second kappa shape index (κ2) is 11.3. The number of nitrogens with one attached hydrogen (secondary N) is 2. The van der Waals surface area contributed by atoms with E-state index in [1.807, 2.05) is 33.8 Å². The first-order chi connectivity index (χ1) is 16.9. The van der Waals surface area contributed by atoms with E-state index in [9.17, 15) is 14.7 Å². The van der Waals surface area contributed by atoms with Gasteiger partial charge in [0, 0.05) is 24.4 Å². The molecule has 0 spiro atoms. The number of esters is 1. The molecule has 3 fully saturated rings. The zero-order chi connectivity index (χ0) is 26.7. The molecule has 3 aliphatic carbocycles. The van der Waals surface area contributed by atoms with Crippen LogP contribution in [0.2, 0.25) is 0 Å². The van der Waals surface area contributed by atoms with Crippen LogP contribution >= 0.6 is 0 Å². The summed E-state index contributed by atoms with van der Waals surface area (Å²) in [5.41, 5.74) is 0.0584. The SMILES string of the molecule is COC(=O)CNC(C)(C)/C=C/n1ncc(C(=O)NC2C(CCO)CC3CC2C3(C)C)c1OCC(C)C. The van der Waals surface area contributed by atoms with Crippen molar-refractivity contribution in [1.82, 2.24) is 20.4 Å². The first-order valence-electron chi connectivity index (χ1n) is 13.0. The Hall–Kier alpha value is -2.39. The number of amides is 1. The Labute approximate surface area is 215 Å². The lowest BCUT2D eigenvalue weighted by Gasteiger charge is -2.62. The molecule has 1 heterocycles. The van der Waals surface area contributed by atoms with Gasteiger partial charge < -0.3 is 19.9 Å². The lowest BCUT2D eigenvalue weighted by atomic mass is 9.44. The predicted molar refractivity (Wildman–Crippen MR) is 138 cm³/mol. The van der Waals surface area contributed by atoms with Crippen LogP contribution in [0.4, 0.5) is 0 Å². The second-order valence-electron chi connectivity index (χ2n) is 11.8. The zero-order valence-corrected chi connectivity index (χ0v) is 22.8. The van der Waals surface area contributed by atoms with Gasteiger partial charge in [0.05, 0.1) is 26.5 Å². The fraction of sp³-hybridized carbons (Fsp3) is 0.741. The average Bonchev–Trinajstić information content (AvgIpc) is 3.23. The predicted octanol–water partition coefficient (Wildman–Crippen LogP) is 3.09. The van der Waals surface area contributed by atoms with Gasteiger partial charge in [-0.1, -0.05) is 27.7 Å². The molecule has 0 aliphatic heterocycles. The molecule has 0 saturated heterocycles. The molecule has 0 radical (unpaired) electrons. The summed E-state index contributed by atoms with van der Waals surface area (Å²) in [4.78, 5) is 25.0. The summed E-state index contributed by atoms with van der Waals surface area (Å²) in [6.45, 7) is 13.2. The van der Waals surface area contributed by atoms with E-state index in [0.717, 1.165) is 12.8 Å². The van der Waals surface area contributed by atoms with Crippen LogP contribution in [0.25, 0.3) is 6.20 Å². The Kier molecular flexibility index (Phi) is 8.88. The minimum Gasteiger partial charge on any atom is -0.477 e. The molecule has 4 rings (SSSR count). The van der Waals surface area contributed by atoms with Gasteiger partial charge in [0.15, 0.2) is 0 Å². The minimum absolute atomic E-state index is 0.0166. The highest BCUT2D eigenvalue weighted by molar-refractivity contribution is 5.96. The van der Waals surface area contributed by atoms with E-state index in [-0.39, 0.29) is 48.3 Å². The molecule has 4 unspecified atom stereocenters. The number of hydrogen-bond donors (Lipinski definition) is 3. The molecule has 3 saturated carbocycles. The van der Waals surface area contributed by atoms with Crippen molar-refractivity contribution >= 4 is 18.1 Å². The van der Waals surface area contributed by atoms with Gasteiger partial charge in [0.2, 0.25) is 5.88 Å². The van der Waals surface area contributed by atoms with Crippen LogP contribution in [0, 0.1) is 29.1 Å². The maximum atomic E-state index is 13.5. The summed E-state index contributed by atoms with van der Waals surface area (Å²) >= 11 is 0. The number of aromatic nitrogens is 2. The van der Waals surface area contributed by atoms with Crippen LogP contribution < -0.4 is 15.4 Å². The van der Waals surface area contributed by atoms with Crippen molar-refractivity contribution in [3.8, 4) is 5.88 Å². The zero-order valence-electron chi connectivity index (χ0n) is 22.8. The van der Waals surface area contributed by atoms with Crippen molar-refractivity contribution in [1.29, 1.82) is 0 Å². The average molecular weight is 505 g/mol. The molecule has 9 nitrogen and oxygen atoms in total. The largest absolute Gasteiger partial charge is 0.477 e. The van der Waals surface area contributed by atoms with Crippen molar-refractivity contribution in [2.24, 2.45) is 29.1 Å². The molecule has 3 aliphatic rings. The highest BCUT2D eigenvalue weighted by Crippen LogP contribution is 2.61. The third-order valence-corrected chi connectivity index (χ3v) is 7.97. The third kappa shape index (κ3) is 6.29. The van der Waals surface area contributed by atoms with Gasteiger partial charge in [-0.25, -0.2) is 4.68 Å². The maximum absolute atomic E-state index is 13.5. The van der Waals surface area contributed by atoms with Crippen molar-refractivity contribution in [2.75, 3.05) is 26.9 Å². The van der Waals surface area contributed by atoms with Crippen molar-refractivity contribution in [2.45, 2.75) is 72.4 Å². The first kappa shape index (κ1) is 28.2. The van der Waals surface area contributed by atoms with Crippen LogP contribution in [0.15, 0.2) is 12.3 Å². The standard InChI is InChI=1S/C27H44N4O5/c1-17(2)16-36-25-20(14-29-31(25)10-9-26(3,4)28-15-22(33)35-7)24(34)30-23-18(8-11-32)12-19-13-21(23)27(19,5)6/h9-10,14,17-19,21,23,28,32H,8,11-13,15-16H2,1-7H3,(H,30,34)/b10-9+. The summed E-state index contributed by atoms with van der Waals surface area (Å²) < 4.78 is 12.3. The van der Waals surface area contributed by atoms with E-state index in [1.165, 1.54) is 7.11 Å². The van der Waals surface area contributed by atoms with Crippen molar-refractivity contribution in [3.63, 3.8) is 0 Å². The number of aliphatic hydroxyl groups is 1. The van der Waals surface area contributed by atoms with Gasteiger partial charge in [-0.2, -0.15) is 5.10 Å². The van der Waals surface area contributed by atoms with E-state index in [1.54, 1.807) is 17.1 Å². The van der Waals surface area contributed by atoms with Gasteiger partial charge in [-0.05, 0) is 68.3 Å². The van der Waals surface area contributed by atoms with Gasteiger partial charge in [0.1, 0.15) is 5.56 Å². The van der Waals surface area contributed by atoms with Gasteiger partial charge >= 0.3 is 5.97 Å². The Morgan fingerprint density at radius 3 is 2.67 bits per heavy atom. The molecule has 9 heteroatoms. The smallest absolute Gasteiger partial charge is 0.319 e. The van der Waals surface area contributed by atoms with E-state index < -0.39 is 5.54 Å². The van der Waals surface area contributed by atoms with Gasteiger partial charge in [-0.3, -0.25) is 14.9 Å². The normalized spacial score (nSPS) is 25.0. The summed E-state index contributed by atoms with van der Waals surface area (Å²) in [7, 11) is 1.35. The molecule has 1 amide bonds. The molecular formula is C27H44N4O5. The first-order valence-corrected chi connectivity index (χ1v) is 13.0. The number of nitrogens with zero attached hydrogens (tertiary/aromatic N) is 2. The quantitative estimate of drug-likeness (QED) is 0.375. The van der Waals surface area contributed by atoms with E-state index in [4.69, 9.17) is 9.47 Å². The van der Waals surface area contributed by atoms with Crippen LogP contribution in [0.5, 0.6) is 5.88 Å². The Morgan fingerprint density at radius 1 is 1.33 bits per heavy atom. The highest BCUT2D eigenvalue weighted by atomic mass is 16.5. The number of aliphatic hydroxyl groups excluding tert-OH is 1. The summed E-state index contributed by atoms with van der Waals surface area (Å²) in [5.74, 6) is 1.43. The van der Waals surface area contributed by atoms with Crippen LogP contribution in [-0.2, 0) is 9.53 Å². The monoisotopic (exact) mass is 504 g/mol. The van der Waals surface area contributed by atoms with Gasteiger partial charge in [0.25, 0.3) is 5.91 Å². The maximum Gasteiger partial charge on any atom is 0.319 e. The molecule has 0 aromatic carbocycles.